The van der Waals surface area contributed by atoms with Crippen molar-refractivity contribution < 1.29 is 4.74 Å². The first-order chi connectivity index (χ1) is 9.76. The monoisotopic (exact) mass is 275 g/mol. The third kappa shape index (κ3) is 3.76. The van der Waals surface area contributed by atoms with Gasteiger partial charge in [-0.15, -0.1) is 0 Å². The van der Waals surface area contributed by atoms with E-state index in [2.05, 4.69) is 37.4 Å². The van der Waals surface area contributed by atoms with E-state index in [9.17, 15) is 0 Å². The summed E-state index contributed by atoms with van der Waals surface area (Å²) in [5.74, 6) is 2.47. The lowest BCUT2D eigenvalue weighted by atomic mass is 9.83. The van der Waals surface area contributed by atoms with E-state index in [4.69, 9.17) is 4.74 Å². The van der Waals surface area contributed by atoms with Gasteiger partial charge in [-0.05, 0) is 50.3 Å². The Morgan fingerprint density at radius 1 is 1.30 bits per heavy atom. The number of ether oxygens (including phenoxy) is 1. The molecule has 0 bridgehead atoms. The molecule has 0 saturated heterocycles. The fourth-order valence-corrected chi connectivity index (χ4v) is 3.47. The highest BCUT2D eigenvalue weighted by molar-refractivity contribution is 5.40. The number of rotatable bonds is 7. The Morgan fingerprint density at radius 2 is 2.05 bits per heavy atom. The molecule has 0 amide bonds. The minimum atomic E-state index is 0.596. The zero-order chi connectivity index (χ0) is 14.4. The van der Waals surface area contributed by atoms with Crippen molar-refractivity contribution in [3.63, 3.8) is 0 Å². The molecule has 1 aromatic carbocycles. The summed E-state index contributed by atoms with van der Waals surface area (Å²) in [5, 5.41) is 3.63. The summed E-state index contributed by atoms with van der Waals surface area (Å²) in [4.78, 5) is 0. The maximum Gasteiger partial charge on any atom is 0.122 e. The molecule has 1 atom stereocenters. The van der Waals surface area contributed by atoms with Crippen LogP contribution in [0.15, 0.2) is 18.2 Å². The number of hydrogen-bond donors (Lipinski definition) is 1. The van der Waals surface area contributed by atoms with Crippen molar-refractivity contribution in [2.24, 2.45) is 5.92 Å². The summed E-state index contributed by atoms with van der Waals surface area (Å²) in [6.07, 6.45) is 6.72. The second-order valence-electron chi connectivity index (χ2n) is 6.10. The molecular formula is C18H29NO. The van der Waals surface area contributed by atoms with Crippen LogP contribution in [0.2, 0.25) is 0 Å². The number of benzene rings is 1. The molecule has 0 radical (unpaired) electrons. The zero-order valence-corrected chi connectivity index (χ0v) is 13.2. The van der Waals surface area contributed by atoms with Gasteiger partial charge in [0, 0.05) is 12.5 Å². The second-order valence-corrected chi connectivity index (χ2v) is 6.10. The molecule has 1 unspecified atom stereocenters. The molecule has 20 heavy (non-hydrogen) atoms. The lowest BCUT2D eigenvalue weighted by Crippen LogP contribution is -2.26. The molecule has 2 nitrogen and oxygen atoms in total. The molecule has 0 aromatic heterocycles. The van der Waals surface area contributed by atoms with Crippen LogP contribution in [-0.2, 0) is 0 Å². The van der Waals surface area contributed by atoms with Crippen LogP contribution in [0.4, 0.5) is 0 Å². The van der Waals surface area contributed by atoms with Gasteiger partial charge in [-0.2, -0.15) is 0 Å². The average Bonchev–Trinajstić information content (AvgIpc) is 2.97. The van der Waals surface area contributed by atoms with Crippen LogP contribution in [0.5, 0.6) is 5.75 Å². The Kier molecular flexibility index (Phi) is 5.90. The molecule has 0 spiro atoms. The number of aryl methyl sites for hydroxylation is 1. The van der Waals surface area contributed by atoms with Gasteiger partial charge in [-0.1, -0.05) is 37.5 Å². The van der Waals surface area contributed by atoms with Gasteiger partial charge >= 0.3 is 0 Å². The van der Waals surface area contributed by atoms with Gasteiger partial charge in [-0.25, -0.2) is 0 Å². The number of methoxy groups -OCH3 is 1. The van der Waals surface area contributed by atoms with E-state index in [1.165, 1.54) is 43.2 Å². The maximum atomic E-state index is 5.62. The third-order valence-corrected chi connectivity index (χ3v) is 4.54. The van der Waals surface area contributed by atoms with Crippen molar-refractivity contribution in [2.75, 3.05) is 20.2 Å². The second kappa shape index (κ2) is 7.68. The van der Waals surface area contributed by atoms with Crippen molar-refractivity contribution in [3.05, 3.63) is 29.3 Å². The van der Waals surface area contributed by atoms with Gasteiger partial charge in [0.1, 0.15) is 5.75 Å². The summed E-state index contributed by atoms with van der Waals surface area (Å²) in [7, 11) is 1.79. The Morgan fingerprint density at radius 3 is 2.70 bits per heavy atom. The zero-order valence-electron chi connectivity index (χ0n) is 13.2. The average molecular weight is 275 g/mol. The first-order valence-electron chi connectivity index (χ1n) is 8.11. The van der Waals surface area contributed by atoms with Crippen molar-refractivity contribution in [3.8, 4) is 5.75 Å². The lowest BCUT2D eigenvalue weighted by molar-refractivity contribution is 0.373. The molecule has 1 fully saturated rings. The summed E-state index contributed by atoms with van der Waals surface area (Å²) in [5.41, 5.74) is 2.74. The quantitative estimate of drug-likeness (QED) is 0.750. The van der Waals surface area contributed by atoms with Crippen LogP contribution in [0.1, 0.15) is 56.1 Å². The highest BCUT2D eigenvalue weighted by Gasteiger charge is 2.28. The van der Waals surface area contributed by atoms with Crippen LogP contribution in [-0.4, -0.2) is 20.2 Å². The number of nitrogens with one attached hydrogen (secondary N) is 1. The predicted octanol–water partition coefficient (Wildman–Crippen LogP) is 4.28. The van der Waals surface area contributed by atoms with E-state index in [0.29, 0.717) is 5.92 Å². The molecular weight excluding hydrogens is 246 g/mol. The SMILES string of the molecule is CCCNCC(c1cc(C)ccc1OC)C1CCCC1. The van der Waals surface area contributed by atoms with E-state index < -0.39 is 0 Å². The Hall–Kier alpha value is -1.02. The van der Waals surface area contributed by atoms with Gasteiger partial charge in [0.2, 0.25) is 0 Å². The first-order valence-corrected chi connectivity index (χ1v) is 8.11. The van der Waals surface area contributed by atoms with Gasteiger partial charge in [-0.3, -0.25) is 0 Å². The van der Waals surface area contributed by atoms with E-state index in [1.807, 2.05) is 0 Å². The molecule has 0 heterocycles. The molecule has 2 heteroatoms. The molecule has 1 aliphatic carbocycles. The Balaban J connectivity index is 2.21. The van der Waals surface area contributed by atoms with Gasteiger partial charge in [0.15, 0.2) is 0 Å². The topological polar surface area (TPSA) is 21.3 Å². The van der Waals surface area contributed by atoms with Crippen LogP contribution >= 0.6 is 0 Å². The Bertz CT molecular complexity index is 410. The fourth-order valence-electron chi connectivity index (χ4n) is 3.47. The molecule has 0 aliphatic heterocycles. The van der Waals surface area contributed by atoms with Gasteiger partial charge in [0.25, 0.3) is 0 Å². The minimum Gasteiger partial charge on any atom is -0.496 e. The molecule has 1 saturated carbocycles. The van der Waals surface area contributed by atoms with Crippen molar-refractivity contribution in [1.29, 1.82) is 0 Å². The van der Waals surface area contributed by atoms with Crippen LogP contribution < -0.4 is 10.1 Å². The first kappa shape index (κ1) is 15.4. The third-order valence-electron chi connectivity index (χ3n) is 4.54. The molecule has 2 rings (SSSR count). The Labute approximate surface area is 123 Å². The normalized spacial score (nSPS) is 17.4. The van der Waals surface area contributed by atoms with Crippen LogP contribution in [0.3, 0.4) is 0 Å². The summed E-state index contributed by atoms with van der Waals surface area (Å²) >= 11 is 0. The molecule has 1 aliphatic rings. The number of hydrogen-bond acceptors (Lipinski definition) is 2. The summed E-state index contributed by atoms with van der Waals surface area (Å²) < 4.78 is 5.62. The van der Waals surface area contributed by atoms with Crippen molar-refractivity contribution in [1.82, 2.24) is 5.32 Å². The van der Waals surface area contributed by atoms with E-state index in [0.717, 1.165) is 24.8 Å². The van der Waals surface area contributed by atoms with Crippen LogP contribution in [0, 0.1) is 12.8 Å². The molecule has 112 valence electrons. The standard InChI is InChI=1S/C18H29NO/c1-4-11-19-13-17(15-7-5-6-8-15)16-12-14(2)9-10-18(16)20-3/h9-10,12,15,17,19H,4-8,11,13H2,1-3H3. The van der Waals surface area contributed by atoms with E-state index >= 15 is 0 Å². The summed E-state index contributed by atoms with van der Waals surface area (Å²) in [6, 6.07) is 6.61. The van der Waals surface area contributed by atoms with Crippen molar-refractivity contribution in [2.45, 2.75) is 51.9 Å². The maximum absolute atomic E-state index is 5.62. The predicted molar refractivity (Wildman–Crippen MR) is 85.6 cm³/mol. The molecule has 1 aromatic rings. The highest BCUT2D eigenvalue weighted by Crippen LogP contribution is 2.40. The molecule has 1 N–H and O–H groups in total. The minimum absolute atomic E-state index is 0.596. The van der Waals surface area contributed by atoms with E-state index in [1.54, 1.807) is 7.11 Å². The van der Waals surface area contributed by atoms with Crippen molar-refractivity contribution >= 4 is 0 Å². The van der Waals surface area contributed by atoms with E-state index in [-0.39, 0.29) is 0 Å². The van der Waals surface area contributed by atoms with Crippen LogP contribution in [0.25, 0.3) is 0 Å². The van der Waals surface area contributed by atoms with Gasteiger partial charge < -0.3 is 10.1 Å². The van der Waals surface area contributed by atoms with Gasteiger partial charge in [0.05, 0.1) is 7.11 Å². The highest BCUT2D eigenvalue weighted by atomic mass is 16.5. The largest absolute Gasteiger partial charge is 0.496 e. The fraction of sp³-hybridized carbons (Fsp3) is 0.667. The lowest BCUT2D eigenvalue weighted by Gasteiger charge is -2.26. The smallest absolute Gasteiger partial charge is 0.122 e. The summed E-state index contributed by atoms with van der Waals surface area (Å²) in [6.45, 7) is 6.59.